The van der Waals surface area contributed by atoms with Crippen LogP contribution in [0.25, 0.3) is 0 Å². The number of hydrogen-bond donors (Lipinski definition) is 0. The standard InChI is InChI=1S/C12H27IP/c1-10(2)7-14(13,8-11(3)4)9-12(5)6/h10-12H,7-9H2,1-6H3/q+1. The number of hydrogen-bond acceptors (Lipinski definition) is 0. The Morgan fingerprint density at radius 2 is 0.929 bits per heavy atom. The van der Waals surface area contributed by atoms with Gasteiger partial charge in [0.1, 0.15) is 0 Å². The molecule has 0 spiro atoms. The predicted molar refractivity (Wildman–Crippen MR) is 80.1 cm³/mol. The summed E-state index contributed by atoms with van der Waals surface area (Å²) in [5.74, 6) is 2.62. The van der Waals surface area contributed by atoms with Gasteiger partial charge in [0.2, 0.25) is 0 Å². The van der Waals surface area contributed by atoms with Crippen LogP contribution in [0.4, 0.5) is 0 Å². The van der Waals surface area contributed by atoms with Crippen LogP contribution in [0.5, 0.6) is 0 Å². The Balaban J connectivity index is 4.32. The fraction of sp³-hybridized carbons (Fsp3) is 1.00. The summed E-state index contributed by atoms with van der Waals surface area (Å²) in [6.45, 7) is 14.2. The first-order chi connectivity index (χ1) is 6.25. The van der Waals surface area contributed by atoms with Crippen molar-refractivity contribution in [1.82, 2.24) is 0 Å². The van der Waals surface area contributed by atoms with E-state index < -0.39 is 4.90 Å². The Labute approximate surface area is 104 Å². The topological polar surface area (TPSA) is 0 Å². The van der Waals surface area contributed by atoms with E-state index >= 15 is 0 Å². The van der Waals surface area contributed by atoms with Gasteiger partial charge in [-0.1, -0.05) is 41.5 Å². The summed E-state index contributed by atoms with van der Waals surface area (Å²) < 4.78 is 0. The highest BCUT2D eigenvalue weighted by molar-refractivity contribution is 14.2. The lowest BCUT2D eigenvalue weighted by molar-refractivity contribution is 0.694. The van der Waals surface area contributed by atoms with E-state index in [-0.39, 0.29) is 0 Å². The molecular formula is C12H27IP+. The van der Waals surface area contributed by atoms with Crippen molar-refractivity contribution in [3.63, 3.8) is 0 Å². The molecule has 0 aromatic heterocycles. The van der Waals surface area contributed by atoms with Crippen molar-refractivity contribution in [3.05, 3.63) is 0 Å². The molecule has 0 amide bonds. The van der Waals surface area contributed by atoms with Crippen molar-refractivity contribution >= 4 is 26.9 Å². The third kappa shape index (κ3) is 7.45. The molecule has 0 nitrogen and oxygen atoms in total. The molecule has 0 aromatic carbocycles. The van der Waals surface area contributed by atoms with Crippen LogP contribution >= 0.6 is 26.9 Å². The van der Waals surface area contributed by atoms with Gasteiger partial charge in [-0.25, -0.2) is 0 Å². The molecule has 0 atom stereocenters. The van der Waals surface area contributed by atoms with Gasteiger partial charge in [-0.2, -0.15) is 0 Å². The van der Waals surface area contributed by atoms with Crippen LogP contribution in [0.1, 0.15) is 41.5 Å². The summed E-state index contributed by atoms with van der Waals surface area (Å²) in [6, 6.07) is 0. The van der Waals surface area contributed by atoms with Gasteiger partial charge < -0.3 is 0 Å². The smallest absolute Gasteiger partial charge is 0.0593 e. The zero-order valence-electron chi connectivity index (χ0n) is 10.7. The van der Waals surface area contributed by atoms with Crippen LogP contribution in [0.3, 0.4) is 0 Å². The van der Waals surface area contributed by atoms with Crippen molar-refractivity contribution in [2.24, 2.45) is 17.8 Å². The molecule has 0 saturated carbocycles. The molecule has 86 valence electrons. The van der Waals surface area contributed by atoms with Crippen LogP contribution in [0, 0.1) is 17.8 Å². The van der Waals surface area contributed by atoms with Crippen LogP contribution in [0.2, 0.25) is 0 Å². The van der Waals surface area contributed by atoms with E-state index in [0.717, 1.165) is 17.8 Å². The predicted octanol–water partition coefficient (Wildman–Crippen LogP) is 5.32. The van der Waals surface area contributed by atoms with Gasteiger partial charge in [0.15, 0.2) is 22.0 Å². The third-order valence-corrected chi connectivity index (χ3v) is 9.78. The molecule has 0 aliphatic carbocycles. The van der Waals surface area contributed by atoms with Gasteiger partial charge in [0.25, 0.3) is 0 Å². The second-order valence-electron chi connectivity index (χ2n) is 5.76. The van der Waals surface area contributed by atoms with Gasteiger partial charge in [-0.05, 0) is 17.8 Å². The van der Waals surface area contributed by atoms with Crippen molar-refractivity contribution in [2.75, 3.05) is 18.5 Å². The first-order valence-corrected chi connectivity index (χ1v) is 10.9. The van der Waals surface area contributed by atoms with E-state index in [1.165, 1.54) is 18.5 Å². The molecule has 2 heteroatoms. The molecule has 0 aliphatic rings. The second-order valence-corrected chi connectivity index (χ2v) is 15.1. The molecule has 0 rings (SSSR count). The minimum Gasteiger partial charge on any atom is -0.0593 e. The highest BCUT2D eigenvalue weighted by Gasteiger charge is 2.37. The first-order valence-electron chi connectivity index (χ1n) is 5.81. The molecule has 0 heterocycles. The van der Waals surface area contributed by atoms with E-state index in [9.17, 15) is 0 Å². The second kappa shape index (κ2) is 6.68. The molecule has 14 heavy (non-hydrogen) atoms. The average molecular weight is 329 g/mol. The fourth-order valence-electron chi connectivity index (χ4n) is 2.19. The maximum Gasteiger partial charge on any atom is 0.154 e. The molecule has 0 unspecified atom stereocenters. The van der Waals surface area contributed by atoms with Gasteiger partial charge in [0, 0.05) is 0 Å². The lowest BCUT2D eigenvalue weighted by Crippen LogP contribution is -2.13. The summed E-state index contributed by atoms with van der Waals surface area (Å²) in [5, 5.41) is 0. The Kier molecular flexibility index (Phi) is 7.23. The monoisotopic (exact) mass is 329 g/mol. The molecule has 0 radical (unpaired) electrons. The Hall–Kier alpha value is 1.16. The van der Waals surface area contributed by atoms with E-state index in [1.807, 2.05) is 0 Å². The van der Waals surface area contributed by atoms with E-state index in [1.54, 1.807) is 0 Å². The zero-order valence-corrected chi connectivity index (χ0v) is 13.7. The average Bonchev–Trinajstić information content (AvgIpc) is 1.76. The van der Waals surface area contributed by atoms with Crippen LogP contribution in [-0.2, 0) is 0 Å². The molecule has 0 fully saturated rings. The van der Waals surface area contributed by atoms with E-state index in [0.29, 0.717) is 0 Å². The summed E-state index contributed by atoms with van der Waals surface area (Å²) in [4.78, 5) is -0.668. The largest absolute Gasteiger partial charge is 0.154 e. The van der Waals surface area contributed by atoms with Crippen LogP contribution < -0.4 is 0 Å². The fourth-order valence-corrected chi connectivity index (χ4v) is 13.7. The van der Waals surface area contributed by atoms with Gasteiger partial charge in [-0.15, -0.1) is 0 Å². The summed E-state index contributed by atoms with van der Waals surface area (Å²) in [7, 11) is 0. The minimum atomic E-state index is -0.668. The summed E-state index contributed by atoms with van der Waals surface area (Å²) in [5.41, 5.74) is 0. The summed E-state index contributed by atoms with van der Waals surface area (Å²) in [6.07, 6.45) is 4.43. The number of rotatable bonds is 6. The van der Waals surface area contributed by atoms with Gasteiger partial charge in [-0.3, -0.25) is 0 Å². The maximum atomic E-state index is 2.83. The number of halogens is 1. The molecular weight excluding hydrogens is 302 g/mol. The van der Waals surface area contributed by atoms with E-state index in [4.69, 9.17) is 0 Å². The SMILES string of the molecule is CC(C)C[P+](I)(CC(C)C)CC(C)C. The Morgan fingerprint density at radius 3 is 1.07 bits per heavy atom. The molecule has 0 aliphatic heterocycles. The summed E-state index contributed by atoms with van der Waals surface area (Å²) >= 11 is 2.83. The molecule has 0 N–H and O–H groups in total. The van der Waals surface area contributed by atoms with Gasteiger partial charge >= 0.3 is 0 Å². The van der Waals surface area contributed by atoms with Crippen molar-refractivity contribution in [1.29, 1.82) is 0 Å². The highest BCUT2D eigenvalue weighted by atomic mass is 127. The lowest BCUT2D eigenvalue weighted by Gasteiger charge is -2.25. The van der Waals surface area contributed by atoms with Crippen molar-refractivity contribution < 1.29 is 0 Å². The lowest BCUT2D eigenvalue weighted by atomic mass is 10.3. The Morgan fingerprint density at radius 1 is 0.714 bits per heavy atom. The maximum absolute atomic E-state index is 2.83. The minimum absolute atomic E-state index is 0.668. The normalized spacial score (nSPS) is 13.3. The van der Waals surface area contributed by atoms with Crippen molar-refractivity contribution in [2.45, 2.75) is 41.5 Å². The van der Waals surface area contributed by atoms with Crippen molar-refractivity contribution in [3.8, 4) is 0 Å². The van der Waals surface area contributed by atoms with Crippen LogP contribution in [-0.4, -0.2) is 18.5 Å². The zero-order chi connectivity index (χ0) is 11.4. The quantitative estimate of drug-likeness (QED) is 0.457. The first kappa shape index (κ1) is 15.2. The molecule has 0 aromatic rings. The Bertz CT molecular complexity index is 126. The highest BCUT2D eigenvalue weighted by Crippen LogP contribution is 2.69. The molecule has 0 saturated heterocycles. The third-order valence-electron chi connectivity index (χ3n) is 2.08. The van der Waals surface area contributed by atoms with Gasteiger partial charge in [0.05, 0.1) is 23.4 Å². The van der Waals surface area contributed by atoms with E-state index in [2.05, 4.69) is 63.6 Å². The van der Waals surface area contributed by atoms with Crippen LogP contribution in [0.15, 0.2) is 0 Å². The molecule has 0 bridgehead atoms.